The molecule has 2 aromatic heterocycles. The summed E-state index contributed by atoms with van der Waals surface area (Å²) in [5.74, 6) is 0. The standard InChI is InChI=1S/C56H48N2S/c1-55(2,3)39-28-30-49-45(33-39)46-34-40(56(4,5)6)29-31-50(46)57(49)41-35-47-44-24-13-14-25-48(44)58-51-26-15-16-27-52(51)59(53(36-41)54(47)58,42-21-11-8-12-22-42)43-23-17-20-38(32-43)37-18-9-7-10-19-37/h7-36H,1-6H3. The maximum absolute atomic E-state index is 2.57. The van der Waals surface area contributed by atoms with Crippen LogP contribution in [-0.4, -0.2) is 9.13 Å². The van der Waals surface area contributed by atoms with E-state index in [4.69, 9.17) is 0 Å². The monoisotopic (exact) mass is 780 g/mol. The first-order valence-electron chi connectivity index (χ1n) is 20.8. The Labute approximate surface area is 348 Å². The van der Waals surface area contributed by atoms with Crippen LogP contribution in [0.25, 0.3) is 66.1 Å². The molecular weight excluding hydrogens is 733 g/mol. The zero-order valence-electron chi connectivity index (χ0n) is 34.6. The Morgan fingerprint density at radius 2 is 0.932 bits per heavy atom. The number of hydrogen-bond donors (Lipinski definition) is 0. The van der Waals surface area contributed by atoms with E-state index in [9.17, 15) is 0 Å². The smallest absolute Gasteiger partial charge is 0.0673 e. The van der Waals surface area contributed by atoms with Crippen molar-refractivity contribution in [3.63, 3.8) is 0 Å². The minimum absolute atomic E-state index is 0.0233. The number of benzene rings is 8. The molecule has 1 aliphatic rings. The Balaban J connectivity index is 1.33. The zero-order valence-corrected chi connectivity index (χ0v) is 35.4. The average molecular weight is 781 g/mol. The SMILES string of the molecule is CC(C)(C)c1ccc2c(c1)c1cc(C(C)(C)C)ccc1n2-c1cc2c3c(c1)c1ccccc1n3-c1ccccc1S2(c1ccccc1)c1cccc(-c2ccccc2)c1. The van der Waals surface area contributed by atoms with E-state index in [1.54, 1.807) is 0 Å². The largest absolute Gasteiger partial charge is 0.309 e. The first-order chi connectivity index (χ1) is 28.5. The number of nitrogens with zero attached hydrogens (tertiary/aromatic N) is 2. The zero-order chi connectivity index (χ0) is 40.3. The van der Waals surface area contributed by atoms with E-state index < -0.39 is 10.0 Å². The van der Waals surface area contributed by atoms with Gasteiger partial charge in [-0.3, -0.25) is 0 Å². The van der Waals surface area contributed by atoms with Crippen LogP contribution in [0.15, 0.2) is 202 Å². The van der Waals surface area contributed by atoms with Crippen LogP contribution in [0.2, 0.25) is 0 Å². The lowest BCUT2D eigenvalue weighted by atomic mass is 9.85. The van der Waals surface area contributed by atoms with Gasteiger partial charge in [0.1, 0.15) is 0 Å². The lowest BCUT2D eigenvalue weighted by Gasteiger charge is -2.46. The maximum Gasteiger partial charge on any atom is 0.0673 e. The van der Waals surface area contributed by atoms with Gasteiger partial charge in [0.2, 0.25) is 0 Å². The van der Waals surface area contributed by atoms with Crippen LogP contribution in [0.5, 0.6) is 0 Å². The Morgan fingerprint density at radius 3 is 1.61 bits per heavy atom. The van der Waals surface area contributed by atoms with E-state index in [-0.39, 0.29) is 10.8 Å². The fourth-order valence-corrected chi connectivity index (χ4v) is 13.9. The Bertz CT molecular complexity index is 3210. The molecule has 8 aromatic carbocycles. The fraction of sp³-hybridized carbons (Fsp3) is 0.143. The van der Waals surface area contributed by atoms with E-state index in [1.807, 2.05) is 0 Å². The Morgan fingerprint density at radius 1 is 0.373 bits per heavy atom. The van der Waals surface area contributed by atoms with Crippen LogP contribution in [0.4, 0.5) is 0 Å². The van der Waals surface area contributed by atoms with Gasteiger partial charge in [0.05, 0.1) is 27.8 Å². The molecule has 0 bridgehead atoms. The summed E-state index contributed by atoms with van der Waals surface area (Å²) in [6.45, 7) is 13.9. The normalized spacial score (nSPS) is 16.4. The van der Waals surface area contributed by atoms with Crippen molar-refractivity contribution < 1.29 is 0 Å². The van der Waals surface area contributed by atoms with E-state index >= 15 is 0 Å². The van der Waals surface area contributed by atoms with Crippen LogP contribution in [0.1, 0.15) is 52.7 Å². The Kier molecular flexibility index (Phi) is 7.81. The summed E-state index contributed by atoms with van der Waals surface area (Å²) in [5.41, 5.74) is 12.6. The van der Waals surface area contributed by atoms with Crippen LogP contribution in [0.3, 0.4) is 0 Å². The highest BCUT2D eigenvalue weighted by molar-refractivity contribution is 8.34. The molecule has 2 nitrogen and oxygen atoms in total. The van der Waals surface area contributed by atoms with Crippen molar-refractivity contribution in [2.75, 3.05) is 0 Å². The predicted molar refractivity (Wildman–Crippen MR) is 251 cm³/mol. The third-order valence-corrected chi connectivity index (χ3v) is 16.5. The summed E-state index contributed by atoms with van der Waals surface area (Å²) >= 11 is 0. The molecular formula is C56H48N2S. The van der Waals surface area contributed by atoms with Crippen molar-refractivity contribution >= 4 is 53.6 Å². The fourth-order valence-electron chi connectivity index (χ4n) is 9.68. The minimum Gasteiger partial charge on any atom is -0.309 e. The molecule has 10 aromatic rings. The number of aromatic nitrogens is 2. The minimum atomic E-state index is -2.06. The van der Waals surface area contributed by atoms with Crippen molar-refractivity contribution in [2.24, 2.45) is 0 Å². The molecule has 3 heterocycles. The number of rotatable bonds is 4. The summed E-state index contributed by atoms with van der Waals surface area (Å²) in [7, 11) is -2.06. The average Bonchev–Trinajstić information content (AvgIpc) is 3.77. The van der Waals surface area contributed by atoms with Crippen molar-refractivity contribution in [1.29, 1.82) is 0 Å². The van der Waals surface area contributed by atoms with Gasteiger partial charge in [0.25, 0.3) is 0 Å². The van der Waals surface area contributed by atoms with Gasteiger partial charge in [-0.25, -0.2) is 0 Å². The second kappa shape index (κ2) is 12.9. The van der Waals surface area contributed by atoms with Gasteiger partial charge >= 0.3 is 0 Å². The number of para-hydroxylation sites is 2. The molecule has 3 heteroatoms. The molecule has 0 amide bonds. The molecule has 0 N–H and O–H groups in total. The Hall–Kier alpha value is -6.29. The molecule has 1 unspecified atom stereocenters. The third-order valence-electron chi connectivity index (χ3n) is 12.6. The molecule has 0 fully saturated rings. The van der Waals surface area contributed by atoms with Crippen LogP contribution >= 0.6 is 10.0 Å². The highest BCUT2D eigenvalue weighted by Crippen LogP contribution is 2.78. The van der Waals surface area contributed by atoms with Gasteiger partial charge in [-0.1, -0.05) is 145 Å². The van der Waals surface area contributed by atoms with Gasteiger partial charge < -0.3 is 9.13 Å². The third kappa shape index (κ3) is 5.27. The quantitative estimate of drug-likeness (QED) is 0.168. The molecule has 0 spiro atoms. The second-order valence-electron chi connectivity index (χ2n) is 18.3. The van der Waals surface area contributed by atoms with Crippen molar-refractivity contribution in [3.05, 3.63) is 193 Å². The molecule has 1 atom stereocenters. The van der Waals surface area contributed by atoms with Crippen LogP contribution in [0, 0.1) is 0 Å². The van der Waals surface area contributed by atoms with Gasteiger partial charge in [0, 0.05) is 46.8 Å². The van der Waals surface area contributed by atoms with Gasteiger partial charge in [-0.2, -0.15) is 0 Å². The van der Waals surface area contributed by atoms with E-state index in [1.165, 1.54) is 96.8 Å². The summed E-state index contributed by atoms with van der Waals surface area (Å²) < 4.78 is 5.12. The second-order valence-corrected chi connectivity index (χ2v) is 21.3. The first-order valence-corrected chi connectivity index (χ1v) is 22.5. The molecule has 11 rings (SSSR count). The van der Waals surface area contributed by atoms with Crippen LogP contribution < -0.4 is 0 Å². The van der Waals surface area contributed by atoms with E-state index in [0.717, 1.165) is 0 Å². The topological polar surface area (TPSA) is 9.86 Å². The van der Waals surface area contributed by atoms with Crippen LogP contribution in [-0.2, 0) is 10.8 Å². The summed E-state index contributed by atoms with van der Waals surface area (Å²) in [5, 5.41) is 5.16. The lowest BCUT2D eigenvalue weighted by Crippen LogP contribution is -2.15. The van der Waals surface area contributed by atoms with Crippen molar-refractivity contribution in [3.8, 4) is 22.5 Å². The summed E-state index contributed by atoms with van der Waals surface area (Å²) in [4.78, 5) is 5.39. The molecule has 1 aliphatic heterocycles. The van der Waals surface area contributed by atoms with Crippen molar-refractivity contribution in [1.82, 2.24) is 9.13 Å². The molecule has 288 valence electrons. The highest BCUT2D eigenvalue weighted by Gasteiger charge is 2.42. The molecule has 0 aliphatic carbocycles. The lowest BCUT2D eigenvalue weighted by molar-refractivity contribution is 0.590. The molecule has 0 radical (unpaired) electrons. The van der Waals surface area contributed by atoms with Gasteiger partial charge in [-0.05, 0) is 112 Å². The van der Waals surface area contributed by atoms with Gasteiger partial charge in [0.15, 0.2) is 0 Å². The molecule has 0 saturated carbocycles. The summed E-state index contributed by atoms with van der Waals surface area (Å²) in [6.07, 6.45) is 0. The summed E-state index contributed by atoms with van der Waals surface area (Å²) in [6, 6.07) is 69.3. The van der Waals surface area contributed by atoms with E-state index in [2.05, 4.69) is 233 Å². The molecule has 0 saturated heterocycles. The highest BCUT2D eigenvalue weighted by atomic mass is 32.3. The first kappa shape index (κ1) is 35.8. The molecule has 59 heavy (non-hydrogen) atoms. The number of fused-ring (bicyclic) bond motifs is 8. The number of hydrogen-bond acceptors (Lipinski definition) is 0. The maximum atomic E-state index is 2.57. The van der Waals surface area contributed by atoms with Crippen molar-refractivity contribution in [2.45, 2.75) is 72.0 Å². The van der Waals surface area contributed by atoms with E-state index in [0.29, 0.717) is 0 Å². The predicted octanol–water partition coefficient (Wildman–Crippen LogP) is 15.8. The van der Waals surface area contributed by atoms with Gasteiger partial charge in [-0.15, -0.1) is 10.0 Å².